The third-order valence-electron chi connectivity index (χ3n) is 3.19. The summed E-state index contributed by atoms with van der Waals surface area (Å²) in [6.45, 7) is 2.80. The van der Waals surface area contributed by atoms with Crippen LogP contribution in [0.5, 0.6) is 0 Å². The molecule has 2 aromatic rings. The first kappa shape index (κ1) is 15.8. The van der Waals surface area contributed by atoms with Crippen molar-refractivity contribution in [2.24, 2.45) is 0 Å². The second-order valence-electron chi connectivity index (χ2n) is 4.75. The van der Waals surface area contributed by atoms with Crippen LogP contribution in [0.2, 0.25) is 5.02 Å². The summed E-state index contributed by atoms with van der Waals surface area (Å²) >= 11 is 7.10. The molecule has 0 radical (unpaired) electrons. The fourth-order valence-electron chi connectivity index (χ4n) is 2.01. The van der Waals surface area contributed by atoms with Crippen LogP contribution in [0.1, 0.15) is 21.0 Å². The van der Waals surface area contributed by atoms with Crippen LogP contribution in [0.4, 0.5) is 5.13 Å². The summed E-state index contributed by atoms with van der Waals surface area (Å²) in [4.78, 5) is 32.8. The summed E-state index contributed by atoms with van der Waals surface area (Å²) in [7, 11) is 0. The molecule has 1 aliphatic heterocycles. The number of hydrogen-bond acceptors (Lipinski definition) is 6. The van der Waals surface area contributed by atoms with Crippen molar-refractivity contribution in [1.29, 1.82) is 0 Å². The quantitative estimate of drug-likeness (QED) is 0.714. The van der Waals surface area contributed by atoms with Crippen LogP contribution in [-0.4, -0.2) is 48.1 Å². The maximum atomic E-state index is 12.0. The summed E-state index contributed by atoms with van der Waals surface area (Å²) in [5.41, 5.74) is 5.13. The highest BCUT2D eigenvalue weighted by atomic mass is 35.5. The normalized spacial score (nSPS) is 14.6. The number of thiazole rings is 1. The molecule has 3 rings (SSSR count). The van der Waals surface area contributed by atoms with Gasteiger partial charge in [-0.25, -0.2) is 4.98 Å². The van der Waals surface area contributed by atoms with Crippen molar-refractivity contribution in [2.45, 2.75) is 0 Å². The van der Waals surface area contributed by atoms with Gasteiger partial charge in [-0.15, -0.1) is 11.3 Å². The molecule has 1 saturated heterocycles. The summed E-state index contributed by atoms with van der Waals surface area (Å²) in [5.74, 6) is -0.972. The molecule has 1 fully saturated rings. The number of carbonyl (C=O) groups is 2. The number of ether oxygens (including phenoxy) is 1. The number of hydrogen-bond donors (Lipinski definition) is 3. The minimum atomic E-state index is -0.492. The Bertz CT molecular complexity index is 710. The van der Waals surface area contributed by atoms with E-state index in [1.54, 1.807) is 5.38 Å². The Morgan fingerprint density at radius 3 is 2.74 bits per heavy atom. The van der Waals surface area contributed by atoms with Crippen LogP contribution in [0, 0.1) is 0 Å². The molecule has 0 atom stereocenters. The first-order chi connectivity index (χ1) is 11.1. The van der Waals surface area contributed by atoms with Crippen LogP contribution >= 0.6 is 22.9 Å². The van der Waals surface area contributed by atoms with E-state index in [0.717, 1.165) is 18.2 Å². The van der Waals surface area contributed by atoms with Gasteiger partial charge in [0.1, 0.15) is 11.4 Å². The number of amides is 2. The molecular formula is C13H14ClN5O3S. The molecule has 0 aromatic carbocycles. The highest BCUT2D eigenvalue weighted by molar-refractivity contribution is 7.13. The highest BCUT2D eigenvalue weighted by Crippen LogP contribution is 2.21. The van der Waals surface area contributed by atoms with Crippen molar-refractivity contribution in [3.8, 4) is 0 Å². The molecule has 0 saturated carbocycles. The van der Waals surface area contributed by atoms with E-state index in [9.17, 15) is 9.59 Å². The van der Waals surface area contributed by atoms with Crippen LogP contribution < -0.4 is 15.8 Å². The van der Waals surface area contributed by atoms with E-state index in [2.05, 4.69) is 25.7 Å². The molecule has 2 amide bonds. The number of aromatic nitrogens is 2. The number of halogens is 1. The van der Waals surface area contributed by atoms with Gasteiger partial charge < -0.3 is 14.6 Å². The van der Waals surface area contributed by atoms with Crippen molar-refractivity contribution < 1.29 is 14.3 Å². The fourth-order valence-corrected chi connectivity index (χ4v) is 3.04. The number of H-pyrrole nitrogens is 1. The lowest BCUT2D eigenvalue weighted by Gasteiger charge is -2.25. The van der Waals surface area contributed by atoms with Gasteiger partial charge in [-0.1, -0.05) is 11.6 Å². The van der Waals surface area contributed by atoms with Crippen molar-refractivity contribution in [3.05, 3.63) is 34.1 Å². The largest absolute Gasteiger partial charge is 0.378 e. The second-order valence-corrected chi connectivity index (χ2v) is 6.03. The van der Waals surface area contributed by atoms with Crippen molar-refractivity contribution in [2.75, 3.05) is 31.2 Å². The maximum Gasteiger partial charge on any atom is 0.289 e. The predicted molar refractivity (Wildman–Crippen MR) is 85.9 cm³/mol. The van der Waals surface area contributed by atoms with Crippen LogP contribution in [0.25, 0.3) is 0 Å². The van der Waals surface area contributed by atoms with Crippen molar-refractivity contribution in [1.82, 2.24) is 20.8 Å². The van der Waals surface area contributed by atoms with E-state index in [-0.39, 0.29) is 11.4 Å². The zero-order chi connectivity index (χ0) is 16.2. The minimum absolute atomic E-state index is 0.251. The Morgan fingerprint density at radius 2 is 2.04 bits per heavy atom. The molecule has 10 heteroatoms. The van der Waals surface area contributed by atoms with Gasteiger partial charge in [0.25, 0.3) is 11.8 Å². The number of rotatable bonds is 3. The molecule has 0 aliphatic carbocycles. The van der Waals surface area contributed by atoms with E-state index in [4.69, 9.17) is 16.3 Å². The fraction of sp³-hybridized carbons (Fsp3) is 0.308. The summed E-state index contributed by atoms with van der Waals surface area (Å²) in [5, 5.41) is 2.83. The molecule has 0 bridgehead atoms. The number of aromatic amines is 1. The van der Waals surface area contributed by atoms with Gasteiger partial charge in [0, 0.05) is 24.7 Å². The third kappa shape index (κ3) is 3.81. The Hall–Kier alpha value is -2.10. The van der Waals surface area contributed by atoms with Gasteiger partial charge in [0.2, 0.25) is 0 Å². The van der Waals surface area contributed by atoms with Gasteiger partial charge in [-0.2, -0.15) is 0 Å². The lowest BCUT2D eigenvalue weighted by Crippen LogP contribution is -2.42. The number of morpholine rings is 1. The molecule has 122 valence electrons. The predicted octanol–water partition coefficient (Wildman–Crippen LogP) is 1.04. The summed E-state index contributed by atoms with van der Waals surface area (Å²) < 4.78 is 5.28. The molecule has 3 N–H and O–H groups in total. The van der Waals surface area contributed by atoms with Gasteiger partial charge in [-0.3, -0.25) is 20.4 Å². The zero-order valence-electron chi connectivity index (χ0n) is 12.0. The number of anilines is 1. The van der Waals surface area contributed by atoms with E-state index < -0.39 is 11.8 Å². The number of nitrogens with one attached hydrogen (secondary N) is 3. The van der Waals surface area contributed by atoms with Gasteiger partial charge in [-0.05, 0) is 6.07 Å². The molecular weight excluding hydrogens is 342 g/mol. The van der Waals surface area contributed by atoms with Crippen LogP contribution in [0.15, 0.2) is 17.6 Å². The molecule has 1 aliphatic rings. The summed E-state index contributed by atoms with van der Waals surface area (Å²) in [6.07, 6.45) is 1.48. The maximum absolute atomic E-state index is 12.0. The second kappa shape index (κ2) is 6.99. The third-order valence-corrected chi connectivity index (χ3v) is 4.31. The summed E-state index contributed by atoms with van der Waals surface area (Å²) in [6, 6.07) is 1.46. The van der Waals surface area contributed by atoms with Gasteiger partial charge >= 0.3 is 0 Å². The average molecular weight is 356 g/mol. The Morgan fingerprint density at radius 1 is 1.30 bits per heavy atom. The molecule has 2 aromatic heterocycles. The number of hydrazine groups is 1. The molecule has 0 spiro atoms. The van der Waals surface area contributed by atoms with E-state index in [0.29, 0.717) is 18.2 Å². The lowest BCUT2D eigenvalue weighted by atomic mass is 10.4. The molecule has 8 nitrogen and oxygen atoms in total. The standard InChI is InChI=1S/C13H14ClN5O3S/c14-8-5-9(15-6-8)11(20)17-18-12(21)10-7-23-13(16-10)19-1-3-22-4-2-19/h5-7,15H,1-4H2,(H,17,20)(H,18,21). The van der Waals surface area contributed by atoms with Crippen LogP contribution in [-0.2, 0) is 4.74 Å². The average Bonchev–Trinajstić information content (AvgIpc) is 3.22. The Labute approximate surface area is 140 Å². The minimum Gasteiger partial charge on any atom is -0.378 e. The Kier molecular flexibility index (Phi) is 4.79. The Balaban J connectivity index is 1.56. The topological polar surface area (TPSA) is 99.4 Å². The molecule has 3 heterocycles. The van der Waals surface area contributed by atoms with E-state index in [1.807, 2.05) is 0 Å². The van der Waals surface area contributed by atoms with Gasteiger partial charge in [0.15, 0.2) is 5.13 Å². The number of carbonyl (C=O) groups excluding carboxylic acids is 2. The lowest BCUT2D eigenvalue weighted by molar-refractivity contribution is 0.0842. The smallest absolute Gasteiger partial charge is 0.289 e. The zero-order valence-corrected chi connectivity index (χ0v) is 13.5. The van der Waals surface area contributed by atoms with E-state index in [1.165, 1.54) is 23.6 Å². The van der Waals surface area contributed by atoms with Crippen molar-refractivity contribution >= 4 is 39.9 Å². The van der Waals surface area contributed by atoms with E-state index >= 15 is 0 Å². The molecule has 23 heavy (non-hydrogen) atoms. The monoisotopic (exact) mass is 355 g/mol. The first-order valence-electron chi connectivity index (χ1n) is 6.86. The van der Waals surface area contributed by atoms with Gasteiger partial charge in [0.05, 0.1) is 18.2 Å². The number of nitrogens with zero attached hydrogens (tertiary/aromatic N) is 2. The SMILES string of the molecule is O=C(NNC(=O)c1cc(Cl)c[nH]1)c1csc(N2CCOCC2)n1. The molecule has 0 unspecified atom stereocenters. The first-order valence-corrected chi connectivity index (χ1v) is 8.12. The highest BCUT2D eigenvalue weighted by Gasteiger charge is 2.18. The van der Waals surface area contributed by atoms with Crippen LogP contribution in [0.3, 0.4) is 0 Å². The van der Waals surface area contributed by atoms with Crippen molar-refractivity contribution in [3.63, 3.8) is 0 Å².